The number of allylic oxidation sites excluding steroid dienone is 4. The number of nitrogens with one attached hydrogen (secondary N) is 1. The molecule has 0 bridgehead atoms. The highest BCUT2D eigenvalue weighted by Crippen LogP contribution is 2.35. The van der Waals surface area contributed by atoms with E-state index in [2.05, 4.69) is 28.5 Å². The Morgan fingerprint density at radius 3 is 3.36 bits per heavy atom. The fourth-order valence-electron chi connectivity index (χ4n) is 2.79. The highest BCUT2D eigenvalue weighted by Gasteiger charge is 2.31. The number of hydrogen-bond acceptors (Lipinski definition) is 2. The molecule has 3 aliphatic rings. The van der Waals surface area contributed by atoms with Gasteiger partial charge in [-0.1, -0.05) is 18.2 Å². The third-order valence-corrected chi connectivity index (χ3v) is 3.50. The van der Waals surface area contributed by atoms with Crippen molar-refractivity contribution in [2.45, 2.75) is 19.3 Å². The van der Waals surface area contributed by atoms with Gasteiger partial charge in [0.05, 0.1) is 6.67 Å². The second-order valence-electron chi connectivity index (χ2n) is 4.36. The SMILES string of the molecule is C1=CC2CCC3CNCN=C3C2=CC1. The average molecular weight is 188 g/mol. The zero-order chi connectivity index (χ0) is 9.38. The topological polar surface area (TPSA) is 24.4 Å². The quantitative estimate of drug-likeness (QED) is 0.577. The van der Waals surface area contributed by atoms with Gasteiger partial charge in [0.2, 0.25) is 0 Å². The van der Waals surface area contributed by atoms with Gasteiger partial charge >= 0.3 is 0 Å². The van der Waals surface area contributed by atoms with E-state index >= 15 is 0 Å². The Labute approximate surface area is 84.8 Å². The van der Waals surface area contributed by atoms with Crippen molar-refractivity contribution >= 4 is 5.71 Å². The summed E-state index contributed by atoms with van der Waals surface area (Å²) < 4.78 is 0. The lowest BCUT2D eigenvalue weighted by atomic mass is 9.74. The van der Waals surface area contributed by atoms with Gasteiger partial charge in [-0.2, -0.15) is 0 Å². The first-order valence-electron chi connectivity index (χ1n) is 5.57. The van der Waals surface area contributed by atoms with Crippen LogP contribution >= 0.6 is 0 Å². The molecule has 0 spiro atoms. The zero-order valence-corrected chi connectivity index (χ0v) is 8.37. The fourth-order valence-corrected chi connectivity index (χ4v) is 2.79. The lowest BCUT2D eigenvalue weighted by molar-refractivity contribution is 0.460. The van der Waals surface area contributed by atoms with Crippen LogP contribution in [0.15, 0.2) is 28.8 Å². The third-order valence-electron chi connectivity index (χ3n) is 3.50. The molecule has 0 aromatic heterocycles. The predicted molar refractivity (Wildman–Crippen MR) is 58.4 cm³/mol. The monoisotopic (exact) mass is 188 g/mol. The van der Waals surface area contributed by atoms with E-state index in [0.717, 1.165) is 19.6 Å². The molecular weight excluding hydrogens is 172 g/mol. The second-order valence-corrected chi connectivity index (χ2v) is 4.36. The van der Waals surface area contributed by atoms with Crippen LogP contribution in [0.5, 0.6) is 0 Å². The summed E-state index contributed by atoms with van der Waals surface area (Å²) in [5, 5.41) is 3.35. The highest BCUT2D eigenvalue weighted by atomic mass is 15.0. The Balaban J connectivity index is 1.95. The second kappa shape index (κ2) is 3.35. The Bertz CT molecular complexity index is 319. The minimum atomic E-state index is 0.678. The lowest BCUT2D eigenvalue weighted by Gasteiger charge is -2.35. The van der Waals surface area contributed by atoms with Crippen LogP contribution in [0.2, 0.25) is 0 Å². The highest BCUT2D eigenvalue weighted by molar-refractivity contribution is 6.03. The van der Waals surface area contributed by atoms with Crippen LogP contribution in [0, 0.1) is 11.8 Å². The molecule has 1 saturated carbocycles. The van der Waals surface area contributed by atoms with Crippen LogP contribution < -0.4 is 5.32 Å². The molecule has 0 radical (unpaired) electrons. The molecule has 1 aliphatic heterocycles. The normalized spacial score (nSPS) is 35.4. The standard InChI is InChI=1S/C12H16N2/c1-2-4-11-9(3-1)5-6-10-7-13-8-14-12(10)11/h1,3-4,9-10,13H,2,5-8H2. The molecule has 2 heteroatoms. The molecular formula is C12H16N2. The van der Waals surface area contributed by atoms with Crippen LogP contribution in [0.4, 0.5) is 0 Å². The van der Waals surface area contributed by atoms with Crippen LogP contribution in [0.3, 0.4) is 0 Å². The summed E-state index contributed by atoms with van der Waals surface area (Å²) in [6.07, 6.45) is 10.8. The van der Waals surface area contributed by atoms with Crippen molar-refractivity contribution < 1.29 is 0 Å². The molecule has 0 aromatic rings. The van der Waals surface area contributed by atoms with E-state index in [-0.39, 0.29) is 0 Å². The minimum absolute atomic E-state index is 0.678. The smallest absolute Gasteiger partial charge is 0.0888 e. The molecule has 3 rings (SSSR count). The number of fused-ring (bicyclic) bond motifs is 3. The first kappa shape index (κ1) is 8.42. The Hall–Kier alpha value is -0.890. The summed E-state index contributed by atoms with van der Waals surface area (Å²) in [7, 11) is 0. The maximum atomic E-state index is 4.64. The van der Waals surface area contributed by atoms with E-state index in [1.807, 2.05) is 0 Å². The van der Waals surface area contributed by atoms with Crippen LogP contribution in [-0.2, 0) is 0 Å². The minimum Gasteiger partial charge on any atom is -0.298 e. The molecule has 0 aromatic carbocycles. The molecule has 1 heterocycles. The van der Waals surface area contributed by atoms with Crippen molar-refractivity contribution in [3.05, 3.63) is 23.8 Å². The Kier molecular flexibility index (Phi) is 2.02. The largest absolute Gasteiger partial charge is 0.298 e. The molecule has 1 fully saturated rings. The van der Waals surface area contributed by atoms with Gasteiger partial charge in [0.25, 0.3) is 0 Å². The first-order chi connectivity index (χ1) is 6.95. The number of nitrogens with zero attached hydrogens (tertiary/aromatic N) is 1. The van der Waals surface area contributed by atoms with Crippen molar-refractivity contribution in [3.63, 3.8) is 0 Å². The predicted octanol–water partition coefficient (Wildman–Crippen LogP) is 1.90. The van der Waals surface area contributed by atoms with Crippen molar-refractivity contribution in [1.29, 1.82) is 0 Å². The summed E-state index contributed by atoms with van der Waals surface area (Å²) in [4.78, 5) is 4.64. The number of aliphatic imine (C=N–C) groups is 1. The van der Waals surface area contributed by atoms with Gasteiger partial charge in [0.1, 0.15) is 0 Å². The van der Waals surface area contributed by atoms with E-state index in [1.54, 1.807) is 0 Å². The Morgan fingerprint density at radius 2 is 2.36 bits per heavy atom. The molecule has 0 saturated heterocycles. The number of hydrogen-bond donors (Lipinski definition) is 1. The van der Waals surface area contributed by atoms with Gasteiger partial charge in [0.15, 0.2) is 0 Å². The maximum absolute atomic E-state index is 4.64. The summed E-state index contributed by atoms with van der Waals surface area (Å²) in [5.41, 5.74) is 2.94. The summed E-state index contributed by atoms with van der Waals surface area (Å²) in [5.74, 6) is 1.37. The van der Waals surface area contributed by atoms with Gasteiger partial charge in [0, 0.05) is 24.1 Å². The Morgan fingerprint density at radius 1 is 1.36 bits per heavy atom. The van der Waals surface area contributed by atoms with Gasteiger partial charge in [-0.3, -0.25) is 10.3 Å². The van der Waals surface area contributed by atoms with Crippen molar-refractivity contribution in [1.82, 2.24) is 5.32 Å². The van der Waals surface area contributed by atoms with Gasteiger partial charge in [-0.15, -0.1) is 0 Å². The number of rotatable bonds is 0. The molecule has 2 unspecified atom stereocenters. The fraction of sp³-hybridized carbons (Fsp3) is 0.583. The third kappa shape index (κ3) is 1.25. The molecule has 14 heavy (non-hydrogen) atoms. The zero-order valence-electron chi connectivity index (χ0n) is 8.37. The summed E-state index contributed by atoms with van der Waals surface area (Å²) in [6, 6.07) is 0. The average Bonchev–Trinajstić information content (AvgIpc) is 2.29. The van der Waals surface area contributed by atoms with Crippen molar-refractivity contribution in [2.75, 3.05) is 13.2 Å². The maximum Gasteiger partial charge on any atom is 0.0888 e. The molecule has 2 aliphatic carbocycles. The summed E-state index contributed by atoms with van der Waals surface area (Å²) in [6.45, 7) is 1.95. The summed E-state index contributed by atoms with van der Waals surface area (Å²) >= 11 is 0. The molecule has 0 amide bonds. The van der Waals surface area contributed by atoms with E-state index in [1.165, 1.54) is 24.1 Å². The molecule has 1 N–H and O–H groups in total. The van der Waals surface area contributed by atoms with Crippen LogP contribution in [0.25, 0.3) is 0 Å². The van der Waals surface area contributed by atoms with E-state index in [0.29, 0.717) is 11.8 Å². The van der Waals surface area contributed by atoms with Crippen molar-refractivity contribution in [2.24, 2.45) is 16.8 Å². The molecule has 74 valence electrons. The van der Waals surface area contributed by atoms with Crippen LogP contribution in [0.1, 0.15) is 19.3 Å². The first-order valence-corrected chi connectivity index (χ1v) is 5.57. The molecule has 2 nitrogen and oxygen atoms in total. The van der Waals surface area contributed by atoms with Gasteiger partial charge in [-0.25, -0.2) is 0 Å². The lowest BCUT2D eigenvalue weighted by Crippen LogP contribution is -2.39. The van der Waals surface area contributed by atoms with E-state index < -0.39 is 0 Å². The van der Waals surface area contributed by atoms with Gasteiger partial charge < -0.3 is 0 Å². The van der Waals surface area contributed by atoms with E-state index in [9.17, 15) is 0 Å². The molecule has 2 atom stereocenters. The van der Waals surface area contributed by atoms with Crippen molar-refractivity contribution in [3.8, 4) is 0 Å². The van der Waals surface area contributed by atoms with Crippen LogP contribution in [-0.4, -0.2) is 18.9 Å². The van der Waals surface area contributed by atoms with Gasteiger partial charge in [-0.05, 0) is 24.8 Å². The van der Waals surface area contributed by atoms with E-state index in [4.69, 9.17) is 0 Å².